The van der Waals surface area contributed by atoms with Crippen LogP contribution < -0.4 is 0 Å². The number of rotatable bonds is 7. The van der Waals surface area contributed by atoms with E-state index in [1.54, 1.807) is 0 Å². The van der Waals surface area contributed by atoms with Gasteiger partial charge in [0.05, 0.1) is 11.4 Å². The second kappa shape index (κ2) is 9.92. The Morgan fingerprint density at radius 3 is 2.19 bits per heavy atom. The number of piperazine rings is 1. The van der Waals surface area contributed by atoms with Crippen LogP contribution in [0.25, 0.3) is 5.69 Å². The second-order valence-electron chi connectivity index (χ2n) is 8.46. The Labute approximate surface area is 185 Å². The quantitative estimate of drug-likeness (QED) is 0.588. The molecule has 4 rings (SSSR count). The molecule has 2 heterocycles. The van der Waals surface area contributed by atoms with E-state index in [4.69, 9.17) is 0 Å². The number of hydrogen-bond acceptors (Lipinski definition) is 3. The minimum atomic E-state index is 0.269. The highest BCUT2D eigenvalue weighted by Gasteiger charge is 2.20. The molecule has 1 amide bonds. The van der Waals surface area contributed by atoms with Crippen molar-refractivity contribution in [2.45, 2.75) is 33.1 Å². The molecule has 1 aliphatic heterocycles. The van der Waals surface area contributed by atoms with Gasteiger partial charge >= 0.3 is 0 Å². The summed E-state index contributed by atoms with van der Waals surface area (Å²) >= 11 is 0. The maximum Gasteiger partial charge on any atom is 0.222 e. The lowest BCUT2D eigenvalue weighted by molar-refractivity contribution is -0.132. The third kappa shape index (κ3) is 5.61. The van der Waals surface area contributed by atoms with Crippen molar-refractivity contribution in [3.63, 3.8) is 0 Å². The first-order valence-electron chi connectivity index (χ1n) is 11.2. The molecule has 5 heteroatoms. The Bertz CT molecular complexity index is 986. The average molecular weight is 417 g/mol. The van der Waals surface area contributed by atoms with Crippen LogP contribution in [0.1, 0.15) is 28.9 Å². The third-order valence-electron chi connectivity index (χ3n) is 6.10. The van der Waals surface area contributed by atoms with Crippen molar-refractivity contribution >= 4 is 5.91 Å². The minimum Gasteiger partial charge on any atom is -0.340 e. The first-order chi connectivity index (χ1) is 15.1. The molecule has 0 radical (unpaired) electrons. The van der Waals surface area contributed by atoms with Gasteiger partial charge in [-0.1, -0.05) is 42.5 Å². The van der Waals surface area contributed by atoms with Crippen LogP contribution >= 0.6 is 0 Å². The fraction of sp³-hybridized carbons (Fsp3) is 0.385. The van der Waals surface area contributed by atoms with Crippen molar-refractivity contribution in [1.29, 1.82) is 0 Å². The summed E-state index contributed by atoms with van der Waals surface area (Å²) in [6, 6.07) is 21.1. The number of hydrogen-bond donors (Lipinski definition) is 0. The molecular formula is C26H32N4O. The van der Waals surface area contributed by atoms with E-state index in [1.807, 2.05) is 16.5 Å². The monoisotopic (exact) mass is 416 g/mol. The standard InChI is InChI=1S/C26H32N4O/c1-21-20-22(2)30(27-21)25-11-8-24(9-12-25)10-13-26(31)29-18-16-28(17-19-29)15-14-23-6-4-3-5-7-23/h3-9,11-12,20H,10,13-19H2,1-2H3. The average Bonchev–Trinajstić information content (AvgIpc) is 3.15. The predicted molar refractivity (Wildman–Crippen MR) is 125 cm³/mol. The van der Waals surface area contributed by atoms with Gasteiger partial charge in [0.2, 0.25) is 5.91 Å². The summed E-state index contributed by atoms with van der Waals surface area (Å²) in [6.45, 7) is 8.75. The summed E-state index contributed by atoms with van der Waals surface area (Å²) in [5, 5.41) is 4.53. The van der Waals surface area contributed by atoms with Gasteiger partial charge in [-0.05, 0) is 56.0 Å². The van der Waals surface area contributed by atoms with Crippen LogP contribution in [0.5, 0.6) is 0 Å². The van der Waals surface area contributed by atoms with E-state index in [1.165, 1.54) is 11.1 Å². The number of aryl methyl sites for hydroxylation is 3. The van der Waals surface area contributed by atoms with Gasteiger partial charge in [-0.25, -0.2) is 4.68 Å². The van der Waals surface area contributed by atoms with Gasteiger partial charge in [0.25, 0.3) is 0 Å². The van der Waals surface area contributed by atoms with E-state index in [0.29, 0.717) is 6.42 Å². The Hall–Kier alpha value is -2.92. The van der Waals surface area contributed by atoms with Crippen LogP contribution in [-0.2, 0) is 17.6 Å². The molecule has 0 bridgehead atoms. The zero-order chi connectivity index (χ0) is 21.6. The van der Waals surface area contributed by atoms with Gasteiger partial charge in [-0.2, -0.15) is 5.10 Å². The molecule has 1 aliphatic rings. The number of benzene rings is 2. The zero-order valence-electron chi connectivity index (χ0n) is 18.6. The van der Waals surface area contributed by atoms with Gasteiger partial charge in [0, 0.05) is 44.8 Å². The molecule has 0 atom stereocenters. The van der Waals surface area contributed by atoms with Crippen molar-refractivity contribution in [2.24, 2.45) is 0 Å². The van der Waals surface area contributed by atoms with E-state index in [9.17, 15) is 4.79 Å². The van der Waals surface area contributed by atoms with Gasteiger partial charge in [-0.3, -0.25) is 9.69 Å². The molecule has 0 spiro atoms. The Kier molecular flexibility index (Phi) is 6.82. The molecule has 5 nitrogen and oxygen atoms in total. The SMILES string of the molecule is Cc1cc(C)n(-c2ccc(CCC(=O)N3CCN(CCc4ccccc4)CC3)cc2)n1. The van der Waals surface area contributed by atoms with E-state index in [-0.39, 0.29) is 5.91 Å². The zero-order valence-corrected chi connectivity index (χ0v) is 18.6. The van der Waals surface area contributed by atoms with E-state index in [0.717, 1.165) is 62.6 Å². The molecule has 0 saturated carbocycles. The third-order valence-corrected chi connectivity index (χ3v) is 6.10. The lowest BCUT2D eigenvalue weighted by atomic mass is 10.1. The largest absolute Gasteiger partial charge is 0.340 e. The Morgan fingerprint density at radius 2 is 1.55 bits per heavy atom. The Balaban J connectivity index is 1.21. The van der Waals surface area contributed by atoms with Crippen LogP contribution in [0.2, 0.25) is 0 Å². The second-order valence-corrected chi connectivity index (χ2v) is 8.46. The van der Waals surface area contributed by atoms with Gasteiger partial charge < -0.3 is 4.90 Å². The van der Waals surface area contributed by atoms with E-state index >= 15 is 0 Å². The highest BCUT2D eigenvalue weighted by Crippen LogP contribution is 2.15. The molecule has 3 aromatic rings. The topological polar surface area (TPSA) is 41.4 Å². The lowest BCUT2D eigenvalue weighted by Crippen LogP contribution is -2.49. The lowest BCUT2D eigenvalue weighted by Gasteiger charge is -2.34. The van der Waals surface area contributed by atoms with Gasteiger partial charge in [0.1, 0.15) is 0 Å². The number of carbonyl (C=O) groups is 1. The van der Waals surface area contributed by atoms with Gasteiger partial charge in [0.15, 0.2) is 0 Å². The first-order valence-corrected chi connectivity index (χ1v) is 11.2. The summed E-state index contributed by atoms with van der Waals surface area (Å²) in [4.78, 5) is 17.2. The number of nitrogens with zero attached hydrogens (tertiary/aromatic N) is 4. The molecule has 1 aromatic heterocycles. The fourth-order valence-electron chi connectivity index (χ4n) is 4.26. The molecule has 2 aromatic carbocycles. The van der Waals surface area contributed by atoms with Crippen LogP contribution in [0, 0.1) is 13.8 Å². The molecule has 162 valence electrons. The van der Waals surface area contributed by atoms with E-state index < -0.39 is 0 Å². The van der Waals surface area contributed by atoms with Crippen molar-refractivity contribution < 1.29 is 4.79 Å². The minimum absolute atomic E-state index is 0.269. The number of carbonyl (C=O) groups excluding carboxylic acids is 1. The summed E-state index contributed by atoms with van der Waals surface area (Å²) < 4.78 is 1.96. The van der Waals surface area contributed by atoms with E-state index in [2.05, 4.69) is 77.6 Å². The van der Waals surface area contributed by atoms with Crippen LogP contribution in [0.15, 0.2) is 60.7 Å². The predicted octanol–water partition coefficient (Wildman–Crippen LogP) is 3.81. The summed E-state index contributed by atoms with van der Waals surface area (Å²) in [6.07, 6.45) is 2.43. The normalized spacial score (nSPS) is 14.7. The molecule has 0 unspecified atom stereocenters. The highest BCUT2D eigenvalue weighted by atomic mass is 16.2. The molecule has 0 N–H and O–H groups in total. The van der Waals surface area contributed by atoms with Crippen LogP contribution in [0.3, 0.4) is 0 Å². The van der Waals surface area contributed by atoms with Crippen molar-refractivity contribution in [1.82, 2.24) is 19.6 Å². The summed E-state index contributed by atoms with van der Waals surface area (Å²) in [5.41, 5.74) is 5.79. The van der Waals surface area contributed by atoms with Gasteiger partial charge in [-0.15, -0.1) is 0 Å². The maximum atomic E-state index is 12.7. The number of amides is 1. The molecule has 1 fully saturated rings. The molecule has 0 aliphatic carbocycles. The smallest absolute Gasteiger partial charge is 0.222 e. The summed E-state index contributed by atoms with van der Waals surface area (Å²) in [5.74, 6) is 0.269. The maximum absolute atomic E-state index is 12.7. The molecular weight excluding hydrogens is 384 g/mol. The van der Waals surface area contributed by atoms with Crippen molar-refractivity contribution in [2.75, 3.05) is 32.7 Å². The molecule has 1 saturated heterocycles. The van der Waals surface area contributed by atoms with Crippen molar-refractivity contribution in [3.05, 3.63) is 83.2 Å². The fourth-order valence-corrected chi connectivity index (χ4v) is 4.26. The summed E-state index contributed by atoms with van der Waals surface area (Å²) in [7, 11) is 0. The highest BCUT2D eigenvalue weighted by molar-refractivity contribution is 5.76. The van der Waals surface area contributed by atoms with Crippen molar-refractivity contribution in [3.8, 4) is 5.69 Å². The first kappa shape index (κ1) is 21.3. The Morgan fingerprint density at radius 1 is 0.871 bits per heavy atom. The molecule has 31 heavy (non-hydrogen) atoms. The van der Waals surface area contributed by atoms with Crippen LogP contribution in [0.4, 0.5) is 0 Å². The van der Waals surface area contributed by atoms with Crippen LogP contribution in [-0.4, -0.2) is 58.2 Å². The number of aromatic nitrogens is 2.